The molecule has 0 atom stereocenters. The van der Waals surface area contributed by atoms with E-state index >= 15 is 0 Å². The maximum absolute atomic E-state index is 12.7. The van der Waals surface area contributed by atoms with E-state index in [0.29, 0.717) is 32.8 Å². The summed E-state index contributed by atoms with van der Waals surface area (Å²) in [4.78, 5) is 12.7. The number of carbonyl (C=O) groups is 1. The summed E-state index contributed by atoms with van der Waals surface area (Å²) in [5.74, 6) is 0.261. The summed E-state index contributed by atoms with van der Waals surface area (Å²) >= 11 is 12.4. The topological polar surface area (TPSA) is 66.0 Å². The van der Waals surface area contributed by atoms with Crippen LogP contribution in [0.1, 0.15) is 5.76 Å². The Hall–Kier alpha value is -3.52. The zero-order valence-corrected chi connectivity index (χ0v) is 17.0. The number of nitrogens with one attached hydrogen (secondary N) is 1. The Labute approximate surface area is 183 Å². The maximum Gasteiger partial charge on any atom is 0.266 e. The second-order valence-electron chi connectivity index (χ2n) is 6.45. The summed E-state index contributed by atoms with van der Waals surface area (Å²) in [7, 11) is 0. The average Bonchev–Trinajstić information content (AvgIpc) is 3.20. The maximum atomic E-state index is 12.7. The SMILES string of the molecule is N#C/C(=C\c1ccc(-c2c(Cl)cccc2Cl)o1)C(=O)Nc1cccc2ccccc12. The Morgan fingerprint density at radius 2 is 1.63 bits per heavy atom. The number of anilines is 1. The third kappa shape index (κ3) is 3.95. The van der Waals surface area contributed by atoms with Crippen molar-refractivity contribution >= 4 is 51.6 Å². The lowest BCUT2D eigenvalue weighted by molar-refractivity contribution is -0.112. The Morgan fingerprint density at radius 1 is 0.933 bits per heavy atom. The first kappa shape index (κ1) is 19.8. The molecule has 0 aliphatic carbocycles. The number of amides is 1. The highest BCUT2D eigenvalue weighted by Gasteiger charge is 2.15. The number of hydrogen-bond acceptors (Lipinski definition) is 3. The fourth-order valence-electron chi connectivity index (χ4n) is 3.11. The van der Waals surface area contributed by atoms with Gasteiger partial charge >= 0.3 is 0 Å². The average molecular weight is 433 g/mol. The molecule has 0 unspecified atom stereocenters. The van der Waals surface area contributed by atoms with E-state index in [-0.39, 0.29) is 5.57 Å². The molecule has 146 valence electrons. The summed E-state index contributed by atoms with van der Waals surface area (Å²) in [6.07, 6.45) is 1.38. The van der Waals surface area contributed by atoms with E-state index in [2.05, 4.69) is 5.32 Å². The zero-order chi connectivity index (χ0) is 21.1. The van der Waals surface area contributed by atoms with Gasteiger partial charge in [0, 0.05) is 17.1 Å². The normalized spacial score (nSPS) is 11.3. The van der Waals surface area contributed by atoms with Crippen molar-refractivity contribution in [1.82, 2.24) is 0 Å². The molecule has 0 aliphatic rings. The van der Waals surface area contributed by atoms with Crippen LogP contribution in [0, 0.1) is 11.3 Å². The lowest BCUT2D eigenvalue weighted by Crippen LogP contribution is -2.13. The van der Waals surface area contributed by atoms with Crippen LogP contribution in [0.3, 0.4) is 0 Å². The first-order chi connectivity index (χ1) is 14.6. The van der Waals surface area contributed by atoms with Crippen molar-refractivity contribution in [2.45, 2.75) is 0 Å². The largest absolute Gasteiger partial charge is 0.457 e. The van der Waals surface area contributed by atoms with Crippen molar-refractivity contribution in [2.24, 2.45) is 0 Å². The fourth-order valence-corrected chi connectivity index (χ4v) is 3.70. The third-order valence-corrected chi connectivity index (χ3v) is 5.16. The van der Waals surface area contributed by atoms with Crippen molar-refractivity contribution in [3.05, 3.63) is 94.2 Å². The zero-order valence-electron chi connectivity index (χ0n) is 15.5. The van der Waals surface area contributed by atoms with Crippen molar-refractivity contribution in [2.75, 3.05) is 5.32 Å². The van der Waals surface area contributed by atoms with Gasteiger partial charge in [-0.05, 0) is 35.7 Å². The Morgan fingerprint density at radius 3 is 2.40 bits per heavy atom. The third-order valence-electron chi connectivity index (χ3n) is 4.53. The molecule has 0 aliphatic heterocycles. The number of rotatable bonds is 4. The molecule has 0 bridgehead atoms. The second-order valence-corrected chi connectivity index (χ2v) is 7.26. The van der Waals surface area contributed by atoms with E-state index in [9.17, 15) is 10.1 Å². The molecule has 1 amide bonds. The van der Waals surface area contributed by atoms with E-state index < -0.39 is 5.91 Å². The number of hydrogen-bond donors (Lipinski definition) is 1. The van der Waals surface area contributed by atoms with Crippen molar-refractivity contribution < 1.29 is 9.21 Å². The van der Waals surface area contributed by atoms with Crippen LogP contribution in [0.4, 0.5) is 5.69 Å². The summed E-state index contributed by atoms with van der Waals surface area (Å²) in [5.41, 5.74) is 1.09. The number of nitrogens with zero attached hydrogens (tertiary/aromatic N) is 1. The van der Waals surface area contributed by atoms with Gasteiger partial charge in [0.05, 0.1) is 15.6 Å². The highest BCUT2D eigenvalue weighted by molar-refractivity contribution is 6.39. The van der Waals surface area contributed by atoms with Gasteiger partial charge in [0.2, 0.25) is 0 Å². The quantitative estimate of drug-likeness (QED) is 0.280. The smallest absolute Gasteiger partial charge is 0.266 e. The molecule has 1 heterocycles. The summed E-state index contributed by atoms with van der Waals surface area (Å²) in [6.45, 7) is 0. The van der Waals surface area contributed by atoms with Gasteiger partial charge in [0.25, 0.3) is 5.91 Å². The van der Waals surface area contributed by atoms with E-state index in [4.69, 9.17) is 27.6 Å². The lowest BCUT2D eigenvalue weighted by Gasteiger charge is -2.08. The highest BCUT2D eigenvalue weighted by atomic mass is 35.5. The van der Waals surface area contributed by atoms with Crippen molar-refractivity contribution in [3.63, 3.8) is 0 Å². The molecule has 0 saturated heterocycles. The number of fused-ring (bicyclic) bond motifs is 1. The standard InChI is InChI=1S/C24H14Cl2N2O2/c25-19-8-4-9-20(26)23(19)22-12-11-17(30-22)13-16(14-27)24(29)28-21-10-3-6-15-5-1-2-7-18(15)21/h1-13H,(H,28,29)/b16-13+. The molecule has 1 aromatic heterocycles. The van der Waals surface area contributed by atoms with E-state index in [1.807, 2.05) is 42.5 Å². The van der Waals surface area contributed by atoms with Crippen LogP contribution < -0.4 is 5.32 Å². The van der Waals surface area contributed by atoms with Crippen molar-refractivity contribution in [1.29, 1.82) is 5.26 Å². The summed E-state index contributed by atoms with van der Waals surface area (Å²) in [6, 6.07) is 23.7. The molecular formula is C24H14Cl2N2O2. The minimum absolute atomic E-state index is 0.0888. The number of furan rings is 1. The molecule has 0 radical (unpaired) electrons. The van der Waals surface area contributed by atoms with Gasteiger partial charge in [-0.15, -0.1) is 0 Å². The van der Waals surface area contributed by atoms with Crippen LogP contribution in [0.5, 0.6) is 0 Å². The molecule has 0 saturated carbocycles. The van der Waals surface area contributed by atoms with Crippen LogP contribution in [0.15, 0.2) is 82.8 Å². The highest BCUT2D eigenvalue weighted by Crippen LogP contribution is 2.35. The number of nitriles is 1. The van der Waals surface area contributed by atoms with Gasteiger partial charge in [-0.2, -0.15) is 5.26 Å². The fraction of sp³-hybridized carbons (Fsp3) is 0. The second kappa shape index (κ2) is 8.46. The predicted octanol–water partition coefficient (Wildman–Crippen LogP) is 6.95. The molecule has 4 rings (SSSR count). The molecule has 0 fully saturated rings. The molecule has 4 aromatic rings. The van der Waals surface area contributed by atoms with Crippen molar-refractivity contribution in [3.8, 4) is 17.4 Å². The van der Waals surface area contributed by atoms with Gasteiger partial charge in [0.15, 0.2) is 0 Å². The number of benzene rings is 3. The monoisotopic (exact) mass is 432 g/mol. The van der Waals surface area contributed by atoms with Gasteiger partial charge < -0.3 is 9.73 Å². The van der Waals surface area contributed by atoms with Crippen LogP contribution in [0.25, 0.3) is 28.2 Å². The Bertz CT molecular complexity index is 1310. The van der Waals surface area contributed by atoms with E-state index in [0.717, 1.165) is 10.8 Å². The first-order valence-corrected chi connectivity index (χ1v) is 9.77. The van der Waals surface area contributed by atoms with Crippen LogP contribution in [-0.4, -0.2) is 5.91 Å². The predicted molar refractivity (Wildman–Crippen MR) is 120 cm³/mol. The molecule has 0 spiro atoms. The summed E-state index contributed by atoms with van der Waals surface area (Å²) in [5, 5.41) is 15.1. The minimum Gasteiger partial charge on any atom is -0.457 e. The van der Waals surface area contributed by atoms with E-state index in [1.54, 1.807) is 36.4 Å². The lowest BCUT2D eigenvalue weighted by atomic mass is 10.1. The van der Waals surface area contributed by atoms with Gasteiger partial charge in [-0.25, -0.2) is 0 Å². The Balaban J connectivity index is 1.62. The molecule has 6 heteroatoms. The Kier molecular flexibility index (Phi) is 5.58. The first-order valence-electron chi connectivity index (χ1n) is 9.02. The molecule has 4 nitrogen and oxygen atoms in total. The van der Waals surface area contributed by atoms with Crippen LogP contribution in [0.2, 0.25) is 10.0 Å². The van der Waals surface area contributed by atoms with Crippen LogP contribution in [-0.2, 0) is 4.79 Å². The molecule has 3 aromatic carbocycles. The summed E-state index contributed by atoms with van der Waals surface area (Å²) < 4.78 is 5.76. The van der Waals surface area contributed by atoms with Crippen LogP contribution >= 0.6 is 23.2 Å². The minimum atomic E-state index is -0.525. The van der Waals surface area contributed by atoms with E-state index in [1.165, 1.54) is 6.08 Å². The number of carbonyl (C=O) groups excluding carboxylic acids is 1. The molecule has 1 N–H and O–H groups in total. The van der Waals surface area contributed by atoms with Gasteiger partial charge in [-0.1, -0.05) is 65.7 Å². The van der Waals surface area contributed by atoms with Gasteiger partial charge in [0.1, 0.15) is 23.2 Å². The molecule has 30 heavy (non-hydrogen) atoms. The molecular weight excluding hydrogens is 419 g/mol. The number of halogens is 2. The van der Waals surface area contributed by atoms with Gasteiger partial charge in [-0.3, -0.25) is 4.79 Å².